The summed E-state index contributed by atoms with van der Waals surface area (Å²) in [6.45, 7) is 4.22. The second kappa shape index (κ2) is 6.97. The minimum atomic E-state index is -0.0698. The van der Waals surface area contributed by atoms with Crippen LogP contribution in [-0.4, -0.2) is 45.2 Å². The number of carbonyl (C=O) groups is 1. The first kappa shape index (κ1) is 15.2. The lowest BCUT2D eigenvalue weighted by Crippen LogP contribution is -2.42. The van der Waals surface area contributed by atoms with Crippen LogP contribution >= 0.6 is 11.8 Å². The standard InChI is InChI=1S/C13H22N4O2S/c1-4-20-11-6-5-10(7-11)17(3)13(18)14-8-12-15-9(2)19-16-12/h10-11H,4-8H2,1-3H3,(H,14,18)/t10-,11+/m0/s1. The Bertz CT molecular complexity index is 451. The number of hydrogen-bond acceptors (Lipinski definition) is 5. The van der Waals surface area contributed by atoms with Crippen molar-refractivity contribution in [3.63, 3.8) is 0 Å². The van der Waals surface area contributed by atoms with E-state index in [0.29, 0.717) is 29.6 Å². The molecule has 1 N–H and O–H groups in total. The Labute approximate surface area is 123 Å². The molecule has 2 atom stereocenters. The Balaban J connectivity index is 1.77. The molecule has 20 heavy (non-hydrogen) atoms. The first-order chi connectivity index (χ1) is 9.60. The number of amides is 2. The molecule has 1 fully saturated rings. The smallest absolute Gasteiger partial charge is 0.317 e. The van der Waals surface area contributed by atoms with E-state index in [4.69, 9.17) is 4.52 Å². The van der Waals surface area contributed by atoms with Crippen LogP contribution in [0.5, 0.6) is 0 Å². The average molecular weight is 298 g/mol. The van der Waals surface area contributed by atoms with Crippen molar-refractivity contribution in [3.05, 3.63) is 11.7 Å². The van der Waals surface area contributed by atoms with E-state index in [-0.39, 0.29) is 6.03 Å². The molecule has 1 heterocycles. The summed E-state index contributed by atoms with van der Waals surface area (Å²) in [6, 6.07) is 0.269. The van der Waals surface area contributed by atoms with Crippen molar-refractivity contribution in [1.29, 1.82) is 0 Å². The monoisotopic (exact) mass is 298 g/mol. The van der Waals surface area contributed by atoms with Crippen molar-refractivity contribution in [2.45, 2.75) is 50.9 Å². The van der Waals surface area contributed by atoms with Crippen LogP contribution in [0, 0.1) is 6.92 Å². The fraction of sp³-hybridized carbons (Fsp3) is 0.769. The summed E-state index contributed by atoms with van der Waals surface area (Å²) in [5, 5.41) is 7.28. The second-order valence-corrected chi connectivity index (χ2v) is 6.62. The molecule has 7 heteroatoms. The van der Waals surface area contributed by atoms with Gasteiger partial charge in [-0.3, -0.25) is 0 Å². The van der Waals surface area contributed by atoms with Crippen LogP contribution in [0.15, 0.2) is 4.52 Å². The largest absolute Gasteiger partial charge is 0.340 e. The van der Waals surface area contributed by atoms with Gasteiger partial charge in [-0.25, -0.2) is 4.79 Å². The van der Waals surface area contributed by atoms with E-state index in [1.807, 2.05) is 23.7 Å². The van der Waals surface area contributed by atoms with Gasteiger partial charge in [-0.1, -0.05) is 12.1 Å². The minimum Gasteiger partial charge on any atom is -0.340 e. The fourth-order valence-corrected chi connectivity index (χ4v) is 3.65. The van der Waals surface area contributed by atoms with Gasteiger partial charge in [0.25, 0.3) is 0 Å². The Hall–Kier alpha value is -1.24. The summed E-state index contributed by atoms with van der Waals surface area (Å²) < 4.78 is 4.87. The number of urea groups is 1. The predicted octanol–water partition coefficient (Wildman–Crippen LogP) is 2.19. The van der Waals surface area contributed by atoms with Gasteiger partial charge in [0.15, 0.2) is 5.82 Å². The second-order valence-electron chi connectivity index (χ2n) is 5.04. The van der Waals surface area contributed by atoms with Crippen molar-refractivity contribution in [2.24, 2.45) is 0 Å². The van der Waals surface area contributed by atoms with Crippen molar-refractivity contribution in [2.75, 3.05) is 12.8 Å². The van der Waals surface area contributed by atoms with Gasteiger partial charge in [-0.2, -0.15) is 16.7 Å². The number of nitrogens with one attached hydrogen (secondary N) is 1. The van der Waals surface area contributed by atoms with E-state index < -0.39 is 0 Å². The molecule has 1 saturated carbocycles. The summed E-state index contributed by atoms with van der Waals surface area (Å²) in [7, 11) is 1.86. The lowest BCUT2D eigenvalue weighted by molar-refractivity contribution is 0.190. The van der Waals surface area contributed by atoms with E-state index in [1.54, 1.807) is 6.92 Å². The summed E-state index contributed by atoms with van der Waals surface area (Å²) in [4.78, 5) is 18.0. The Morgan fingerprint density at radius 1 is 1.55 bits per heavy atom. The van der Waals surface area contributed by atoms with Crippen LogP contribution in [0.1, 0.15) is 37.9 Å². The van der Waals surface area contributed by atoms with E-state index >= 15 is 0 Å². The molecule has 0 aromatic carbocycles. The van der Waals surface area contributed by atoms with Crippen LogP contribution in [0.4, 0.5) is 4.79 Å². The van der Waals surface area contributed by atoms with Crippen LogP contribution < -0.4 is 5.32 Å². The lowest BCUT2D eigenvalue weighted by atomic mass is 10.2. The molecule has 0 bridgehead atoms. The summed E-state index contributed by atoms with van der Waals surface area (Å²) in [5.74, 6) is 2.16. The maximum atomic E-state index is 12.1. The van der Waals surface area contributed by atoms with Crippen LogP contribution in [0.3, 0.4) is 0 Å². The predicted molar refractivity (Wildman–Crippen MR) is 78.6 cm³/mol. The molecule has 112 valence electrons. The molecule has 0 spiro atoms. The van der Waals surface area contributed by atoms with Crippen LogP contribution in [0.25, 0.3) is 0 Å². The third-order valence-corrected chi connectivity index (χ3v) is 4.83. The highest BCUT2D eigenvalue weighted by molar-refractivity contribution is 7.99. The molecule has 0 radical (unpaired) electrons. The zero-order valence-corrected chi connectivity index (χ0v) is 13.1. The Kier molecular flexibility index (Phi) is 5.28. The quantitative estimate of drug-likeness (QED) is 0.902. The van der Waals surface area contributed by atoms with Crippen LogP contribution in [0.2, 0.25) is 0 Å². The van der Waals surface area contributed by atoms with E-state index in [1.165, 1.54) is 6.42 Å². The molecule has 2 amide bonds. The maximum Gasteiger partial charge on any atom is 0.317 e. The maximum absolute atomic E-state index is 12.1. The highest BCUT2D eigenvalue weighted by Crippen LogP contribution is 2.32. The van der Waals surface area contributed by atoms with Gasteiger partial charge >= 0.3 is 6.03 Å². The summed E-state index contributed by atoms with van der Waals surface area (Å²) in [6.07, 6.45) is 3.37. The lowest BCUT2D eigenvalue weighted by Gasteiger charge is -2.24. The summed E-state index contributed by atoms with van der Waals surface area (Å²) in [5.41, 5.74) is 0. The first-order valence-corrected chi connectivity index (χ1v) is 8.06. The third kappa shape index (κ3) is 3.88. The van der Waals surface area contributed by atoms with Gasteiger partial charge in [-0.15, -0.1) is 0 Å². The minimum absolute atomic E-state index is 0.0698. The molecule has 0 unspecified atom stereocenters. The van der Waals surface area contributed by atoms with Crippen molar-refractivity contribution < 1.29 is 9.32 Å². The number of rotatable bonds is 5. The average Bonchev–Trinajstić information content (AvgIpc) is 3.05. The van der Waals surface area contributed by atoms with Crippen molar-refractivity contribution >= 4 is 17.8 Å². The number of carbonyl (C=O) groups excluding carboxylic acids is 1. The van der Waals surface area contributed by atoms with Gasteiger partial charge in [0, 0.05) is 25.3 Å². The van der Waals surface area contributed by atoms with Crippen LogP contribution in [-0.2, 0) is 6.54 Å². The fourth-order valence-electron chi connectivity index (χ4n) is 2.51. The molecule has 1 aliphatic rings. The zero-order valence-electron chi connectivity index (χ0n) is 12.3. The Morgan fingerprint density at radius 2 is 2.35 bits per heavy atom. The molecule has 0 aliphatic heterocycles. The number of aromatic nitrogens is 2. The van der Waals surface area contributed by atoms with E-state index in [9.17, 15) is 4.79 Å². The van der Waals surface area contributed by atoms with Crippen molar-refractivity contribution in [3.8, 4) is 0 Å². The molecule has 1 aromatic heterocycles. The highest BCUT2D eigenvalue weighted by Gasteiger charge is 2.29. The highest BCUT2D eigenvalue weighted by atomic mass is 32.2. The number of aryl methyl sites for hydroxylation is 1. The van der Waals surface area contributed by atoms with E-state index in [0.717, 1.165) is 18.6 Å². The Morgan fingerprint density at radius 3 is 3.00 bits per heavy atom. The normalized spacial score (nSPS) is 21.9. The third-order valence-electron chi connectivity index (χ3n) is 3.59. The number of nitrogens with zero attached hydrogens (tertiary/aromatic N) is 3. The van der Waals surface area contributed by atoms with Gasteiger partial charge < -0.3 is 14.7 Å². The molecule has 1 aromatic rings. The molecule has 1 aliphatic carbocycles. The van der Waals surface area contributed by atoms with Gasteiger partial charge in [0.1, 0.15) is 0 Å². The number of thioether (sulfide) groups is 1. The van der Waals surface area contributed by atoms with Gasteiger partial charge in [-0.05, 0) is 25.0 Å². The molecular weight excluding hydrogens is 276 g/mol. The van der Waals surface area contributed by atoms with Gasteiger partial charge in [0.2, 0.25) is 5.89 Å². The van der Waals surface area contributed by atoms with Crippen molar-refractivity contribution in [1.82, 2.24) is 20.4 Å². The molecule has 6 nitrogen and oxygen atoms in total. The zero-order chi connectivity index (χ0) is 14.5. The molecule has 2 rings (SSSR count). The van der Waals surface area contributed by atoms with Gasteiger partial charge in [0.05, 0.1) is 6.54 Å². The SMILES string of the molecule is CCS[C@@H]1CC[C@H](N(C)C(=O)NCc2noc(C)n2)C1. The molecule has 0 saturated heterocycles. The topological polar surface area (TPSA) is 71.3 Å². The van der Waals surface area contributed by atoms with E-state index in [2.05, 4.69) is 22.4 Å². The molecular formula is C13H22N4O2S. The summed E-state index contributed by atoms with van der Waals surface area (Å²) >= 11 is 1.99. The first-order valence-electron chi connectivity index (χ1n) is 7.01. The number of hydrogen-bond donors (Lipinski definition) is 1.